The summed E-state index contributed by atoms with van der Waals surface area (Å²) < 4.78 is 92.5. The number of allylic oxidation sites excluding steroid dienone is 2. The Morgan fingerprint density at radius 3 is 1.46 bits per heavy atom. The lowest BCUT2D eigenvalue weighted by molar-refractivity contribution is -0.153. The van der Waals surface area contributed by atoms with E-state index in [1.165, 1.54) is 33.4 Å². The third kappa shape index (κ3) is 6.86. The van der Waals surface area contributed by atoms with E-state index >= 15 is 0 Å². The number of rotatable bonds is 11. The number of amides is 2. The molecule has 0 radical (unpaired) electrons. The van der Waals surface area contributed by atoms with Crippen LogP contribution in [0.25, 0.3) is 0 Å². The molecule has 4 aliphatic carbocycles. The van der Waals surface area contributed by atoms with Crippen LogP contribution in [0.1, 0.15) is 35.1 Å². The van der Waals surface area contributed by atoms with Gasteiger partial charge in [0.1, 0.15) is 31.5 Å². The number of nitrogens with one attached hydrogen (secondary N) is 2. The SMILES string of the molecule is CS(=O)(=O)N(Cc1csc2c1S(=O)(=O)N=C(C1C(=O)C3C4C=CC(C4)C3N(Cc3ccsc3)C1=O)N2)Cc1csc2c1S(=O)(=O)N=C(C1C(=O)C3C4C=CC(C4)C3N(Cc3ccsc3)C1=O)N2. The molecule has 4 aromatic heterocycles. The van der Waals surface area contributed by atoms with Crippen molar-refractivity contribution in [1.29, 1.82) is 0 Å². The molecule has 8 heterocycles. The lowest BCUT2D eigenvalue weighted by atomic mass is 9.75. The van der Waals surface area contributed by atoms with Gasteiger partial charge in [0.15, 0.2) is 23.4 Å². The molecule has 8 aliphatic rings. The topological polar surface area (TPSA) is 229 Å². The normalized spacial score (nSPS) is 31.7. The maximum atomic E-state index is 14.3. The molecule has 4 bridgehead atoms. The summed E-state index contributed by atoms with van der Waals surface area (Å²) in [5.74, 6) is -6.67. The van der Waals surface area contributed by atoms with Crippen molar-refractivity contribution in [3.63, 3.8) is 0 Å². The Morgan fingerprint density at radius 1 is 0.657 bits per heavy atom. The van der Waals surface area contributed by atoms with Gasteiger partial charge in [-0.3, -0.25) is 19.2 Å². The Balaban J connectivity index is 0.811. The molecule has 10 atom stereocenters. The van der Waals surface area contributed by atoms with E-state index < -0.39 is 90.2 Å². The molecule has 24 heteroatoms. The van der Waals surface area contributed by atoms with E-state index in [9.17, 15) is 44.4 Å². The Morgan fingerprint density at radius 2 is 1.07 bits per heavy atom. The Labute approximate surface area is 401 Å². The van der Waals surface area contributed by atoms with Crippen LogP contribution in [0.3, 0.4) is 0 Å². The highest BCUT2D eigenvalue weighted by molar-refractivity contribution is 7.91. The van der Waals surface area contributed by atoms with Gasteiger partial charge in [0.25, 0.3) is 20.0 Å². The number of amidine groups is 2. The first kappa shape index (κ1) is 43.6. The quantitative estimate of drug-likeness (QED) is 0.153. The smallest absolute Gasteiger partial charge is 0.287 e. The average molecular weight is 1040 g/mol. The van der Waals surface area contributed by atoms with Gasteiger partial charge >= 0.3 is 0 Å². The Kier molecular flexibility index (Phi) is 10.0. The van der Waals surface area contributed by atoms with Crippen LogP contribution < -0.4 is 10.6 Å². The van der Waals surface area contributed by atoms with Crippen molar-refractivity contribution in [2.75, 3.05) is 16.9 Å². The summed E-state index contributed by atoms with van der Waals surface area (Å²) in [4.78, 5) is 59.9. The number of Topliss-reactive ketones (excluding diaryl/α,β-unsaturated/α-hetero) is 2. The van der Waals surface area contributed by atoms with Gasteiger partial charge in [-0.15, -0.1) is 31.5 Å². The van der Waals surface area contributed by atoms with E-state index in [-0.39, 0.29) is 91.4 Å². The van der Waals surface area contributed by atoms with Crippen LogP contribution >= 0.6 is 45.3 Å². The Bertz CT molecular complexity index is 3100. The fourth-order valence-electron chi connectivity index (χ4n) is 11.8. The molecule has 12 rings (SSSR count). The lowest BCUT2D eigenvalue weighted by Gasteiger charge is -2.44. The zero-order valence-electron chi connectivity index (χ0n) is 35.1. The molecule has 10 unspecified atom stereocenters. The summed E-state index contributed by atoms with van der Waals surface area (Å²) in [6.45, 7) is -0.510. The minimum absolute atomic E-state index is 0.0109. The summed E-state index contributed by atoms with van der Waals surface area (Å²) in [6, 6.07) is 3.11. The van der Waals surface area contributed by atoms with E-state index in [2.05, 4.69) is 31.6 Å². The second kappa shape index (κ2) is 15.4. The second-order valence-corrected chi connectivity index (χ2v) is 26.7. The fraction of sp³-hybridized carbons (Fsp3) is 0.395. The van der Waals surface area contributed by atoms with Crippen molar-refractivity contribution in [2.45, 2.75) is 60.9 Å². The predicted octanol–water partition coefficient (Wildman–Crippen LogP) is 4.76. The summed E-state index contributed by atoms with van der Waals surface area (Å²) in [7, 11) is -13.4. The standard InChI is InChI=1S/C43H39N7O10S7/c1-65(55,56)48(14-26-18-63-40-36(26)66(57,58)46-38(44-40)30-34(51)28-22-2-4-24(10-22)32(28)49(42(30)53)12-20-6-8-61-16-20)15-27-19-64-41-37(27)67(59,60)47-39(45-41)31-35(52)29-23-3-5-25(11-23)33(29)50(43(31)54)13-21-7-9-62-17-21/h2-9,16-19,22-25,28-33H,10-15H2,1H3,(H,44,46)(H,45,47). The van der Waals surface area contributed by atoms with Crippen molar-refractivity contribution in [1.82, 2.24) is 14.1 Å². The molecule has 17 nitrogen and oxygen atoms in total. The van der Waals surface area contributed by atoms with Crippen LogP contribution in [0.2, 0.25) is 0 Å². The summed E-state index contributed by atoms with van der Waals surface area (Å²) in [6.07, 6.45) is 10.5. The van der Waals surface area contributed by atoms with Crippen molar-refractivity contribution in [2.24, 2.45) is 56.1 Å². The molecular weight excluding hydrogens is 999 g/mol. The molecular formula is C43H39N7O10S7. The van der Waals surface area contributed by atoms with Gasteiger partial charge in [-0.05, 0) is 92.1 Å². The molecule has 4 fully saturated rings. The fourth-order valence-corrected chi connectivity index (χ4v) is 19.1. The molecule has 2 amide bonds. The number of carbonyl (C=O) groups is 4. The molecule has 4 aliphatic heterocycles. The molecule has 2 saturated carbocycles. The van der Waals surface area contributed by atoms with E-state index in [0.717, 1.165) is 57.2 Å². The average Bonchev–Trinajstić information content (AvgIpc) is 4.12. The summed E-state index contributed by atoms with van der Waals surface area (Å²) >= 11 is 4.86. The number of nitrogens with zero attached hydrogens (tertiary/aromatic N) is 5. The molecule has 0 aromatic carbocycles. The predicted molar refractivity (Wildman–Crippen MR) is 252 cm³/mol. The first-order valence-corrected chi connectivity index (χ1v) is 29.8. The molecule has 4 aromatic rings. The number of fused-ring (bicyclic) bond motifs is 12. The number of hydrogen-bond acceptors (Lipinski definition) is 16. The van der Waals surface area contributed by atoms with Gasteiger partial charge in [0.05, 0.1) is 6.26 Å². The van der Waals surface area contributed by atoms with Crippen molar-refractivity contribution in [3.8, 4) is 0 Å². The molecule has 348 valence electrons. The van der Waals surface area contributed by atoms with Crippen molar-refractivity contribution in [3.05, 3.63) is 91.0 Å². The molecule has 67 heavy (non-hydrogen) atoms. The third-order valence-corrected chi connectivity index (χ3v) is 22.1. The van der Waals surface area contributed by atoms with Crippen LogP contribution in [0.15, 0.2) is 87.3 Å². The molecule has 2 saturated heterocycles. The second-order valence-electron chi connectivity index (χ2n) is 18.3. The van der Waals surface area contributed by atoms with E-state index in [4.69, 9.17) is 0 Å². The van der Waals surface area contributed by atoms with Crippen molar-refractivity contribution < 1.29 is 44.4 Å². The van der Waals surface area contributed by atoms with Crippen LogP contribution in [0.4, 0.5) is 10.0 Å². The Hall–Kier alpha value is -4.69. The highest BCUT2D eigenvalue weighted by Gasteiger charge is 2.61. The number of likely N-dealkylation sites (tertiary alicyclic amines) is 2. The lowest BCUT2D eigenvalue weighted by Crippen LogP contribution is -2.60. The maximum Gasteiger partial charge on any atom is 0.287 e. The monoisotopic (exact) mass is 1040 g/mol. The third-order valence-electron chi connectivity index (χ3n) is 14.5. The first-order chi connectivity index (χ1) is 32.0. The van der Waals surface area contributed by atoms with Gasteiger partial charge in [-0.2, -0.15) is 43.8 Å². The van der Waals surface area contributed by atoms with Crippen LogP contribution in [-0.2, 0) is 75.4 Å². The van der Waals surface area contributed by atoms with E-state index in [1.54, 1.807) is 9.80 Å². The summed E-state index contributed by atoms with van der Waals surface area (Å²) in [5, 5.41) is 16.6. The zero-order chi connectivity index (χ0) is 46.5. The number of carbonyl (C=O) groups excluding carboxylic acids is 4. The van der Waals surface area contributed by atoms with Gasteiger partial charge in [0.2, 0.25) is 21.8 Å². The van der Waals surface area contributed by atoms with Gasteiger partial charge in [-0.25, -0.2) is 8.42 Å². The number of piperidine rings is 2. The van der Waals surface area contributed by atoms with Gasteiger partial charge in [0, 0.05) is 61.2 Å². The summed E-state index contributed by atoms with van der Waals surface area (Å²) in [5.41, 5.74) is 1.88. The highest BCUT2D eigenvalue weighted by atomic mass is 32.2. The van der Waals surface area contributed by atoms with Crippen LogP contribution in [0, 0.1) is 47.3 Å². The number of ketones is 2. The van der Waals surface area contributed by atoms with Crippen LogP contribution in [0.5, 0.6) is 0 Å². The van der Waals surface area contributed by atoms with Gasteiger partial charge in [-0.1, -0.05) is 24.3 Å². The van der Waals surface area contributed by atoms with Gasteiger partial charge < -0.3 is 20.4 Å². The largest absolute Gasteiger partial charge is 0.333 e. The highest BCUT2D eigenvalue weighted by Crippen LogP contribution is 2.53. The molecule has 2 N–H and O–H groups in total. The van der Waals surface area contributed by atoms with Crippen LogP contribution in [-0.4, -0.2) is 92.7 Å². The number of sulfonamides is 3. The molecule has 0 spiro atoms. The minimum Gasteiger partial charge on any atom is -0.333 e. The number of anilines is 2. The first-order valence-electron chi connectivity index (χ1n) is 21.4. The van der Waals surface area contributed by atoms with E-state index in [0.29, 0.717) is 0 Å². The number of hydrogen-bond donors (Lipinski definition) is 2. The zero-order valence-corrected chi connectivity index (χ0v) is 40.8. The van der Waals surface area contributed by atoms with Crippen molar-refractivity contribution >= 4 is 120 Å². The number of thiophene rings is 4. The van der Waals surface area contributed by atoms with E-state index in [1.807, 2.05) is 45.8 Å². The minimum atomic E-state index is -4.62. The maximum absolute atomic E-state index is 14.3.